The fourth-order valence-corrected chi connectivity index (χ4v) is 4.58. The molecule has 3 aromatic rings. The molecule has 3 rings (SSSR count). The summed E-state index contributed by atoms with van der Waals surface area (Å²) in [5.74, 6) is 0.761. The number of carbonyl (C=O) groups excluding carboxylic acids is 1. The SMILES string of the molecule is COc1ccc(C(OC(O)C(=O)NCCCNCCCNCCCN)(c2ccccc2)c2ccc(OC)cc2)cc1. The molecule has 3 aromatic carbocycles. The summed E-state index contributed by atoms with van der Waals surface area (Å²) < 4.78 is 17.1. The number of methoxy groups -OCH3 is 2. The van der Waals surface area contributed by atoms with Crippen molar-refractivity contribution in [2.75, 3.05) is 53.5 Å². The summed E-state index contributed by atoms with van der Waals surface area (Å²) >= 11 is 0. The minimum absolute atomic E-state index is 0.407. The van der Waals surface area contributed by atoms with Gasteiger partial charge in [-0.05, 0) is 92.9 Å². The van der Waals surface area contributed by atoms with E-state index in [1.165, 1.54) is 0 Å². The number of hydrogen-bond donors (Lipinski definition) is 5. The molecule has 0 radical (unpaired) electrons. The van der Waals surface area contributed by atoms with Crippen LogP contribution < -0.4 is 31.2 Å². The van der Waals surface area contributed by atoms with Crippen LogP contribution in [-0.2, 0) is 15.1 Å². The zero-order valence-corrected chi connectivity index (χ0v) is 24.1. The Morgan fingerprint density at radius 2 is 1.20 bits per heavy atom. The third-order valence-electron chi connectivity index (χ3n) is 6.78. The summed E-state index contributed by atoms with van der Waals surface area (Å²) in [4.78, 5) is 13.0. The highest BCUT2D eigenvalue weighted by atomic mass is 16.6. The van der Waals surface area contributed by atoms with Crippen molar-refractivity contribution in [3.63, 3.8) is 0 Å². The summed E-state index contributed by atoms with van der Waals surface area (Å²) in [5.41, 5.74) is 6.40. The first kappa shape index (κ1) is 32.0. The van der Waals surface area contributed by atoms with E-state index in [1.54, 1.807) is 14.2 Å². The Labute approximate surface area is 243 Å². The summed E-state index contributed by atoms with van der Waals surface area (Å²) in [6.45, 7) is 4.63. The average Bonchev–Trinajstić information content (AvgIpc) is 3.02. The van der Waals surface area contributed by atoms with Crippen LogP contribution in [0.15, 0.2) is 78.9 Å². The third kappa shape index (κ3) is 9.27. The van der Waals surface area contributed by atoms with Crippen LogP contribution >= 0.6 is 0 Å². The number of aliphatic hydroxyl groups excluding tert-OH is 1. The predicted octanol–water partition coefficient (Wildman–Crippen LogP) is 2.76. The maximum Gasteiger partial charge on any atom is 0.276 e. The molecule has 0 spiro atoms. The van der Waals surface area contributed by atoms with Gasteiger partial charge >= 0.3 is 0 Å². The number of carbonyl (C=O) groups is 1. The van der Waals surface area contributed by atoms with Crippen molar-refractivity contribution in [1.82, 2.24) is 16.0 Å². The fourth-order valence-electron chi connectivity index (χ4n) is 4.58. The lowest BCUT2D eigenvalue weighted by Crippen LogP contribution is -2.44. The average molecular weight is 565 g/mol. The predicted molar refractivity (Wildman–Crippen MR) is 161 cm³/mol. The standard InChI is InChI=1S/C32H44N4O5/c1-39-28-15-11-26(12-16-28)32(25-9-4-3-5-10-25,27-13-17-29(40-2)18-14-27)41-31(38)30(37)36-24-8-23-35-22-7-21-34-20-6-19-33/h3-5,9-18,31,34-35,38H,6-8,19-24,33H2,1-2H3,(H,36,37). The molecule has 6 N–H and O–H groups in total. The maximum absolute atomic E-state index is 13.0. The second-order valence-corrected chi connectivity index (χ2v) is 9.61. The van der Waals surface area contributed by atoms with Crippen molar-refractivity contribution in [3.05, 3.63) is 95.6 Å². The van der Waals surface area contributed by atoms with E-state index in [-0.39, 0.29) is 0 Å². The first-order chi connectivity index (χ1) is 20.0. The number of rotatable bonds is 19. The van der Waals surface area contributed by atoms with Crippen LogP contribution in [0, 0.1) is 0 Å². The molecule has 0 bridgehead atoms. The number of amides is 1. The lowest BCUT2D eigenvalue weighted by atomic mass is 9.80. The van der Waals surface area contributed by atoms with Crippen molar-refractivity contribution in [3.8, 4) is 11.5 Å². The molecule has 1 amide bonds. The minimum atomic E-state index is -1.73. The quantitative estimate of drug-likeness (QED) is 0.0855. The molecule has 222 valence electrons. The molecule has 0 aromatic heterocycles. The van der Waals surface area contributed by atoms with E-state index in [1.807, 2.05) is 78.9 Å². The normalized spacial score (nSPS) is 12.1. The number of ether oxygens (including phenoxy) is 3. The monoisotopic (exact) mass is 564 g/mol. The minimum Gasteiger partial charge on any atom is -0.497 e. The second kappa shape index (κ2) is 17.4. The van der Waals surface area contributed by atoms with E-state index >= 15 is 0 Å². The van der Waals surface area contributed by atoms with Gasteiger partial charge in [0.2, 0.25) is 6.29 Å². The van der Waals surface area contributed by atoms with Crippen LogP contribution in [0.3, 0.4) is 0 Å². The highest BCUT2D eigenvalue weighted by Gasteiger charge is 2.41. The van der Waals surface area contributed by atoms with Crippen molar-refractivity contribution in [2.45, 2.75) is 31.2 Å². The van der Waals surface area contributed by atoms with Gasteiger partial charge in [0.1, 0.15) is 17.1 Å². The Balaban J connectivity index is 1.71. The van der Waals surface area contributed by atoms with E-state index in [2.05, 4.69) is 16.0 Å². The van der Waals surface area contributed by atoms with Gasteiger partial charge in [-0.1, -0.05) is 54.6 Å². The lowest BCUT2D eigenvalue weighted by molar-refractivity contribution is -0.179. The summed E-state index contributed by atoms with van der Waals surface area (Å²) in [7, 11) is 3.20. The molecule has 0 saturated heterocycles. The number of nitrogens with two attached hydrogens (primary N) is 1. The summed E-state index contributed by atoms with van der Waals surface area (Å²) in [5, 5.41) is 20.6. The maximum atomic E-state index is 13.0. The molecule has 41 heavy (non-hydrogen) atoms. The number of benzene rings is 3. The fraction of sp³-hybridized carbons (Fsp3) is 0.406. The van der Waals surface area contributed by atoms with Crippen LogP contribution in [0.4, 0.5) is 0 Å². The van der Waals surface area contributed by atoms with Crippen LogP contribution in [0.2, 0.25) is 0 Å². The van der Waals surface area contributed by atoms with Gasteiger partial charge < -0.3 is 41.0 Å². The summed E-state index contributed by atoms with van der Waals surface area (Å²) in [6.07, 6.45) is 0.990. The Morgan fingerprint density at radius 3 is 1.68 bits per heavy atom. The van der Waals surface area contributed by atoms with Crippen molar-refractivity contribution in [1.29, 1.82) is 0 Å². The molecule has 0 aliphatic rings. The van der Waals surface area contributed by atoms with E-state index < -0.39 is 17.8 Å². The molecule has 0 heterocycles. The Hall–Kier alpha value is -3.47. The van der Waals surface area contributed by atoms with E-state index in [4.69, 9.17) is 19.9 Å². The molecule has 9 heteroatoms. The van der Waals surface area contributed by atoms with Gasteiger partial charge in [0, 0.05) is 6.54 Å². The zero-order chi connectivity index (χ0) is 29.3. The van der Waals surface area contributed by atoms with Crippen molar-refractivity contribution >= 4 is 5.91 Å². The number of hydrogen-bond acceptors (Lipinski definition) is 8. The zero-order valence-electron chi connectivity index (χ0n) is 24.1. The second-order valence-electron chi connectivity index (χ2n) is 9.61. The van der Waals surface area contributed by atoms with Crippen molar-refractivity contribution < 1.29 is 24.1 Å². The molecule has 1 unspecified atom stereocenters. The highest BCUT2D eigenvalue weighted by molar-refractivity contribution is 5.79. The Bertz CT molecular complexity index is 1100. The molecule has 0 saturated carbocycles. The van der Waals surface area contributed by atoms with E-state index in [0.29, 0.717) is 24.6 Å². The highest BCUT2D eigenvalue weighted by Crippen LogP contribution is 2.42. The van der Waals surface area contributed by atoms with Gasteiger partial charge in [0.05, 0.1) is 14.2 Å². The number of aliphatic hydroxyl groups is 1. The van der Waals surface area contributed by atoms with Crippen LogP contribution in [0.5, 0.6) is 11.5 Å². The van der Waals surface area contributed by atoms with Gasteiger partial charge in [0.15, 0.2) is 0 Å². The molecular formula is C32H44N4O5. The van der Waals surface area contributed by atoms with Crippen LogP contribution in [0.25, 0.3) is 0 Å². The van der Waals surface area contributed by atoms with Gasteiger partial charge in [-0.2, -0.15) is 0 Å². The molecule has 0 fully saturated rings. The molecule has 0 aliphatic heterocycles. The number of nitrogens with one attached hydrogen (secondary N) is 3. The van der Waals surface area contributed by atoms with Gasteiger partial charge in [-0.15, -0.1) is 0 Å². The van der Waals surface area contributed by atoms with Crippen molar-refractivity contribution in [2.24, 2.45) is 5.73 Å². The molecule has 1 atom stereocenters. The van der Waals surface area contributed by atoms with Crippen LogP contribution in [0.1, 0.15) is 36.0 Å². The van der Waals surface area contributed by atoms with Gasteiger partial charge in [-0.3, -0.25) is 4.79 Å². The van der Waals surface area contributed by atoms with E-state index in [0.717, 1.165) is 62.1 Å². The molecule has 9 nitrogen and oxygen atoms in total. The Morgan fingerprint density at radius 1 is 0.732 bits per heavy atom. The molecular weight excluding hydrogens is 520 g/mol. The summed E-state index contributed by atoms with van der Waals surface area (Å²) in [6, 6.07) is 24.4. The smallest absolute Gasteiger partial charge is 0.276 e. The first-order valence-electron chi connectivity index (χ1n) is 14.1. The van der Waals surface area contributed by atoms with Gasteiger partial charge in [0.25, 0.3) is 5.91 Å². The largest absolute Gasteiger partial charge is 0.497 e. The first-order valence-corrected chi connectivity index (χ1v) is 14.1. The van der Waals surface area contributed by atoms with Gasteiger partial charge in [-0.25, -0.2) is 0 Å². The topological polar surface area (TPSA) is 127 Å². The lowest BCUT2D eigenvalue weighted by Gasteiger charge is -2.37. The molecule has 0 aliphatic carbocycles. The van der Waals surface area contributed by atoms with Crippen LogP contribution in [-0.4, -0.2) is 70.8 Å². The third-order valence-corrected chi connectivity index (χ3v) is 6.78. The van der Waals surface area contributed by atoms with E-state index in [9.17, 15) is 9.90 Å². The Kier molecular flexibility index (Phi) is 13.6.